The summed E-state index contributed by atoms with van der Waals surface area (Å²) in [6.07, 6.45) is -5.25. The van der Waals surface area contributed by atoms with Gasteiger partial charge in [0.1, 0.15) is 12.7 Å². The second kappa shape index (κ2) is 5.07. The number of alkyl halides is 3. The first-order valence-electron chi connectivity index (χ1n) is 6.21. The molecule has 3 nitrogen and oxygen atoms in total. The molecule has 0 unspecified atom stereocenters. The van der Waals surface area contributed by atoms with E-state index in [4.69, 9.17) is 0 Å². The van der Waals surface area contributed by atoms with Gasteiger partial charge in [-0.25, -0.2) is 0 Å². The highest BCUT2D eigenvalue weighted by Crippen LogP contribution is 2.35. The number of amides is 1. The van der Waals surface area contributed by atoms with E-state index in [9.17, 15) is 18.0 Å². The number of halogens is 3. The van der Waals surface area contributed by atoms with Crippen molar-refractivity contribution >= 4 is 22.9 Å². The molecule has 1 N–H and O–H groups in total. The second-order valence-electron chi connectivity index (χ2n) is 4.70. The molecule has 1 aromatic heterocycles. The number of anilines is 1. The Morgan fingerprint density at radius 3 is 2.67 bits per heavy atom. The molecular formula is C14H11F3N2OS. The Morgan fingerprint density at radius 2 is 2.00 bits per heavy atom. The molecule has 110 valence electrons. The van der Waals surface area contributed by atoms with E-state index in [2.05, 4.69) is 5.32 Å². The Bertz CT molecular complexity index is 654. The van der Waals surface area contributed by atoms with Gasteiger partial charge in [-0.1, -0.05) is 12.1 Å². The van der Waals surface area contributed by atoms with Gasteiger partial charge in [0.2, 0.25) is 0 Å². The van der Waals surface area contributed by atoms with Crippen LogP contribution in [0.2, 0.25) is 0 Å². The van der Waals surface area contributed by atoms with Gasteiger partial charge in [0, 0.05) is 11.3 Å². The summed E-state index contributed by atoms with van der Waals surface area (Å²) in [6, 6.07) is 8.31. The molecule has 0 bridgehead atoms. The minimum atomic E-state index is -4.45. The monoisotopic (exact) mass is 312 g/mol. The molecule has 0 radical (unpaired) electrons. The van der Waals surface area contributed by atoms with Crippen LogP contribution in [0.3, 0.4) is 0 Å². The maximum Gasteiger partial charge on any atom is 0.406 e. The van der Waals surface area contributed by atoms with Crippen molar-refractivity contribution in [2.24, 2.45) is 0 Å². The number of rotatable bonds is 2. The maximum absolute atomic E-state index is 12.8. The van der Waals surface area contributed by atoms with Crippen LogP contribution in [0.15, 0.2) is 41.1 Å². The van der Waals surface area contributed by atoms with E-state index in [0.29, 0.717) is 11.3 Å². The number of thiophene rings is 1. The number of para-hydroxylation sites is 1. The molecule has 0 spiro atoms. The molecule has 0 saturated heterocycles. The summed E-state index contributed by atoms with van der Waals surface area (Å²) in [5.74, 6) is -0.613. The van der Waals surface area contributed by atoms with Crippen molar-refractivity contribution in [1.82, 2.24) is 4.90 Å². The first kappa shape index (κ1) is 13.9. The van der Waals surface area contributed by atoms with Crippen LogP contribution >= 0.6 is 11.3 Å². The molecule has 21 heavy (non-hydrogen) atoms. The second-order valence-corrected chi connectivity index (χ2v) is 5.48. The molecule has 2 aromatic rings. The minimum Gasteiger partial charge on any atom is -0.361 e. The van der Waals surface area contributed by atoms with Crippen molar-refractivity contribution in [2.45, 2.75) is 12.3 Å². The summed E-state index contributed by atoms with van der Waals surface area (Å²) in [5, 5.41) is 6.52. The highest BCUT2D eigenvalue weighted by atomic mass is 32.1. The highest BCUT2D eigenvalue weighted by molar-refractivity contribution is 7.08. The van der Waals surface area contributed by atoms with Gasteiger partial charge in [-0.2, -0.15) is 24.5 Å². The van der Waals surface area contributed by atoms with Crippen molar-refractivity contribution in [3.63, 3.8) is 0 Å². The van der Waals surface area contributed by atoms with Crippen LogP contribution in [-0.4, -0.2) is 23.5 Å². The third-order valence-electron chi connectivity index (χ3n) is 3.23. The number of fused-ring (bicyclic) bond motifs is 1. The Labute approximate surface area is 123 Å². The third-order valence-corrected chi connectivity index (χ3v) is 3.93. The van der Waals surface area contributed by atoms with Crippen LogP contribution < -0.4 is 5.32 Å². The molecule has 1 aliphatic rings. The van der Waals surface area contributed by atoms with Gasteiger partial charge in [0.25, 0.3) is 5.91 Å². The lowest BCUT2D eigenvalue weighted by atomic mass is 10.1. The predicted octanol–water partition coefficient (Wildman–Crippen LogP) is 3.88. The Balaban J connectivity index is 2.03. The first-order valence-corrected chi connectivity index (χ1v) is 7.15. The Morgan fingerprint density at radius 1 is 1.24 bits per heavy atom. The summed E-state index contributed by atoms with van der Waals surface area (Å²) in [5.41, 5.74) is 1.46. The van der Waals surface area contributed by atoms with Crippen LogP contribution in [0.5, 0.6) is 0 Å². The summed E-state index contributed by atoms with van der Waals surface area (Å²) < 4.78 is 38.4. The van der Waals surface area contributed by atoms with E-state index in [-0.39, 0.29) is 5.56 Å². The lowest BCUT2D eigenvalue weighted by Gasteiger charge is -2.38. The standard InChI is InChI=1S/C14H11F3N2OS/c15-14(16,17)8-19-12(9-5-6-21-7-9)18-11-4-2-1-3-10(11)13(19)20/h1-7,12,18H,8H2/t12-/m1/s1. The summed E-state index contributed by atoms with van der Waals surface area (Å²) in [4.78, 5) is 13.2. The van der Waals surface area contributed by atoms with Crippen LogP contribution in [0.4, 0.5) is 18.9 Å². The lowest BCUT2D eigenvalue weighted by molar-refractivity contribution is -0.144. The molecule has 2 heterocycles. The summed E-state index contributed by atoms with van der Waals surface area (Å²) in [6.45, 7) is -1.28. The molecule has 3 rings (SSSR count). The van der Waals surface area contributed by atoms with Crippen molar-refractivity contribution in [3.8, 4) is 0 Å². The number of hydrogen-bond donors (Lipinski definition) is 1. The van der Waals surface area contributed by atoms with Crippen LogP contribution in [0, 0.1) is 0 Å². The predicted molar refractivity (Wildman–Crippen MR) is 74.2 cm³/mol. The van der Waals surface area contributed by atoms with E-state index in [0.717, 1.165) is 4.90 Å². The zero-order chi connectivity index (χ0) is 15.0. The number of carbonyl (C=O) groups excluding carboxylic acids is 1. The zero-order valence-corrected chi connectivity index (χ0v) is 11.5. The molecule has 7 heteroatoms. The van der Waals surface area contributed by atoms with Gasteiger partial charge in [-0.05, 0) is 29.0 Å². The van der Waals surface area contributed by atoms with Crippen LogP contribution in [0.1, 0.15) is 22.1 Å². The number of nitrogens with one attached hydrogen (secondary N) is 1. The van der Waals surface area contributed by atoms with E-state index in [1.54, 1.807) is 35.0 Å². The van der Waals surface area contributed by atoms with Gasteiger partial charge >= 0.3 is 6.18 Å². The fourth-order valence-corrected chi connectivity index (χ4v) is 3.02. The average molecular weight is 312 g/mol. The van der Waals surface area contributed by atoms with Crippen molar-refractivity contribution in [1.29, 1.82) is 0 Å². The molecule has 0 aliphatic carbocycles. The molecule has 1 atom stereocenters. The maximum atomic E-state index is 12.8. The van der Waals surface area contributed by atoms with Crippen molar-refractivity contribution < 1.29 is 18.0 Å². The van der Waals surface area contributed by atoms with Gasteiger partial charge < -0.3 is 10.2 Å². The molecule has 0 fully saturated rings. The number of hydrogen-bond acceptors (Lipinski definition) is 3. The van der Waals surface area contributed by atoms with Gasteiger partial charge in [-0.15, -0.1) is 0 Å². The topological polar surface area (TPSA) is 32.3 Å². The van der Waals surface area contributed by atoms with E-state index in [1.807, 2.05) is 0 Å². The normalized spacial score (nSPS) is 18.3. The SMILES string of the molecule is O=C1c2ccccc2N[C@@H](c2ccsc2)N1CC(F)(F)F. The molecule has 1 aromatic carbocycles. The molecule has 1 amide bonds. The first-order chi connectivity index (χ1) is 9.96. The smallest absolute Gasteiger partial charge is 0.361 e. The fourth-order valence-electron chi connectivity index (χ4n) is 2.34. The summed E-state index contributed by atoms with van der Waals surface area (Å²) >= 11 is 1.38. The number of carbonyl (C=O) groups is 1. The van der Waals surface area contributed by atoms with Gasteiger partial charge in [0.05, 0.1) is 5.56 Å². The summed E-state index contributed by atoms with van der Waals surface area (Å²) in [7, 11) is 0. The van der Waals surface area contributed by atoms with E-state index >= 15 is 0 Å². The Hall–Kier alpha value is -2.02. The largest absolute Gasteiger partial charge is 0.406 e. The van der Waals surface area contributed by atoms with Crippen molar-refractivity contribution in [3.05, 3.63) is 52.2 Å². The highest BCUT2D eigenvalue weighted by Gasteiger charge is 2.40. The molecule has 0 saturated carbocycles. The molecule has 1 aliphatic heterocycles. The number of nitrogens with zero attached hydrogens (tertiary/aromatic N) is 1. The lowest BCUT2D eigenvalue weighted by Crippen LogP contribution is -2.47. The molecular weight excluding hydrogens is 301 g/mol. The van der Waals surface area contributed by atoms with Crippen molar-refractivity contribution in [2.75, 3.05) is 11.9 Å². The van der Waals surface area contributed by atoms with E-state index < -0.39 is 24.8 Å². The van der Waals surface area contributed by atoms with Crippen LogP contribution in [0.25, 0.3) is 0 Å². The van der Waals surface area contributed by atoms with Gasteiger partial charge in [0.15, 0.2) is 0 Å². The quantitative estimate of drug-likeness (QED) is 0.913. The fraction of sp³-hybridized carbons (Fsp3) is 0.214. The van der Waals surface area contributed by atoms with E-state index in [1.165, 1.54) is 17.4 Å². The average Bonchev–Trinajstić information content (AvgIpc) is 2.94. The van der Waals surface area contributed by atoms with Crippen LogP contribution in [-0.2, 0) is 0 Å². The Kier molecular flexibility index (Phi) is 3.36. The zero-order valence-electron chi connectivity index (χ0n) is 10.7. The third kappa shape index (κ3) is 2.73. The van der Waals surface area contributed by atoms with Gasteiger partial charge in [-0.3, -0.25) is 4.79 Å². The number of benzene rings is 1. The minimum absolute atomic E-state index is 0.258.